The summed E-state index contributed by atoms with van der Waals surface area (Å²) in [5.41, 5.74) is 3.31. The van der Waals surface area contributed by atoms with Gasteiger partial charge in [0.1, 0.15) is 0 Å². The van der Waals surface area contributed by atoms with Crippen LogP contribution >= 0.6 is 0 Å². The maximum atomic E-state index is 10.7. The van der Waals surface area contributed by atoms with E-state index in [0.717, 1.165) is 11.1 Å². The van der Waals surface area contributed by atoms with E-state index in [2.05, 4.69) is 20.0 Å². The molecule has 0 saturated carbocycles. The van der Waals surface area contributed by atoms with Crippen molar-refractivity contribution in [2.45, 2.75) is 40.5 Å². The second kappa shape index (κ2) is 13.0. The number of oxime groups is 2. The van der Waals surface area contributed by atoms with Crippen molar-refractivity contribution in [2.24, 2.45) is 10.3 Å². The molecule has 0 aliphatic carbocycles. The Labute approximate surface area is 165 Å². The van der Waals surface area contributed by atoms with E-state index in [1.54, 1.807) is 0 Å². The summed E-state index contributed by atoms with van der Waals surface area (Å²) in [6.45, 7) is 8.00. The number of hydrogen-bond acceptors (Lipinski definition) is 6. The quantitative estimate of drug-likeness (QED) is 0.704. The molecule has 0 N–H and O–H groups in total. The Morgan fingerprint density at radius 2 is 0.929 bits per heavy atom. The standard InChI is InChI=1S/2C9H7NO2.2C2H6/c2*11-9-6-8(10-12-9)7-4-2-1-3-5-7;2*1-2/h2*1-5H,6H2;2*1-2H3. The zero-order chi connectivity index (χ0) is 20.8. The summed E-state index contributed by atoms with van der Waals surface area (Å²) < 4.78 is 0. The van der Waals surface area contributed by atoms with Crippen LogP contribution in [0.25, 0.3) is 0 Å². The van der Waals surface area contributed by atoms with E-state index in [9.17, 15) is 9.59 Å². The predicted molar refractivity (Wildman–Crippen MR) is 110 cm³/mol. The first-order valence-electron chi connectivity index (χ1n) is 9.36. The third kappa shape index (κ3) is 7.15. The number of hydrogen-bond donors (Lipinski definition) is 0. The van der Waals surface area contributed by atoms with Crippen LogP contribution in [0.5, 0.6) is 0 Å². The van der Waals surface area contributed by atoms with Gasteiger partial charge in [-0.25, -0.2) is 9.59 Å². The van der Waals surface area contributed by atoms with Gasteiger partial charge in [0, 0.05) is 0 Å². The summed E-state index contributed by atoms with van der Waals surface area (Å²) in [6, 6.07) is 19.1. The second-order valence-corrected chi connectivity index (χ2v) is 5.09. The number of nitrogens with zero attached hydrogens (tertiary/aromatic N) is 2. The Balaban J connectivity index is 0.000000238. The fourth-order valence-electron chi connectivity index (χ4n) is 2.19. The van der Waals surface area contributed by atoms with E-state index in [0.29, 0.717) is 11.4 Å². The monoisotopic (exact) mass is 382 g/mol. The molecule has 148 valence electrons. The van der Waals surface area contributed by atoms with E-state index >= 15 is 0 Å². The van der Waals surface area contributed by atoms with Crippen LogP contribution in [0.1, 0.15) is 51.7 Å². The minimum atomic E-state index is -0.283. The number of rotatable bonds is 2. The fraction of sp³-hybridized carbons (Fsp3) is 0.273. The molecule has 0 amide bonds. The van der Waals surface area contributed by atoms with Crippen molar-refractivity contribution in [3.8, 4) is 0 Å². The van der Waals surface area contributed by atoms with Gasteiger partial charge >= 0.3 is 11.9 Å². The molecular formula is C22H26N2O4. The molecule has 4 rings (SSSR count). The second-order valence-electron chi connectivity index (χ2n) is 5.09. The molecule has 6 nitrogen and oxygen atoms in total. The molecule has 2 heterocycles. The minimum absolute atomic E-state index is 0.282. The molecule has 0 saturated heterocycles. The lowest BCUT2D eigenvalue weighted by molar-refractivity contribution is -0.140. The smallest absolute Gasteiger partial charge is 0.318 e. The van der Waals surface area contributed by atoms with Gasteiger partial charge in [-0.3, -0.25) is 0 Å². The maximum Gasteiger partial charge on any atom is 0.341 e. The van der Waals surface area contributed by atoms with E-state index in [4.69, 9.17) is 0 Å². The highest BCUT2D eigenvalue weighted by Gasteiger charge is 2.18. The van der Waals surface area contributed by atoms with Crippen LogP contribution in [0.2, 0.25) is 0 Å². The molecule has 2 aliphatic heterocycles. The molecule has 0 spiro atoms. The summed E-state index contributed by atoms with van der Waals surface area (Å²) in [7, 11) is 0. The van der Waals surface area contributed by atoms with Crippen LogP contribution < -0.4 is 0 Å². The topological polar surface area (TPSA) is 77.3 Å². The Hall–Kier alpha value is -3.28. The molecule has 6 heteroatoms. The van der Waals surface area contributed by atoms with E-state index in [-0.39, 0.29) is 24.8 Å². The first-order valence-corrected chi connectivity index (χ1v) is 9.36. The van der Waals surface area contributed by atoms with Gasteiger partial charge in [0.25, 0.3) is 0 Å². The van der Waals surface area contributed by atoms with Gasteiger partial charge in [-0.15, -0.1) is 0 Å². The molecule has 2 aromatic rings. The van der Waals surface area contributed by atoms with Gasteiger partial charge in [0.05, 0.1) is 24.3 Å². The Morgan fingerprint density at radius 1 is 0.607 bits per heavy atom. The van der Waals surface area contributed by atoms with Gasteiger partial charge in [0.15, 0.2) is 0 Å². The average Bonchev–Trinajstić information content (AvgIpc) is 3.41. The Kier molecular flexibility index (Phi) is 10.5. The van der Waals surface area contributed by atoms with Crippen molar-refractivity contribution in [1.29, 1.82) is 0 Å². The normalized spacial score (nSPS) is 13.9. The summed E-state index contributed by atoms with van der Waals surface area (Å²) >= 11 is 0. The van der Waals surface area contributed by atoms with Gasteiger partial charge in [-0.2, -0.15) is 0 Å². The first-order chi connectivity index (χ1) is 13.7. The third-order valence-corrected chi connectivity index (χ3v) is 3.35. The van der Waals surface area contributed by atoms with E-state index in [1.165, 1.54) is 0 Å². The minimum Gasteiger partial charge on any atom is -0.318 e. The van der Waals surface area contributed by atoms with Crippen LogP contribution in [0.15, 0.2) is 71.0 Å². The van der Waals surface area contributed by atoms with E-state index < -0.39 is 0 Å². The van der Waals surface area contributed by atoms with Crippen molar-refractivity contribution >= 4 is 23.4 Å². The van der Waals surface area contributed by atoms with Crippen LogP contribution in [-0.4, -0.2) is 23.4 Å². The largest absolute Gasteiger partial charge is 0.341 e. The molecule has 2 aliphatic rings. The molecule has 0 radical (unpaired) electrons. The lowest BCUT2D eigenvalue weighted by atomic mass is 10.1. The van der Waals surface area contributed by atoms with Crippen molar-refractivity contribution in [3.05, 3.63) is 71.8 Å². The van der Waals surface area contributed by atoms with Crippen LogP contribution in [0, 0.1) is 0 Å². The lowest BCUT2D eigenvalue weighted by Gasteiger charge is -1.93. The molecule has 0 fully saturated rings. The number of benzene rings is 2. The van der Waals surface area contributed by atoms with Gasteiger partial charge < -0.3 is 9.68 Å². The summed E-state index contributed by atoms with van der Waals surface area (Å²) in [5, 5.41) is 7.31. The average molecular weight is 382 g/mol. The fourth-order valence-corrected chi connectivity index (χ4v) is 2.19. The van der Waals surface area contributed by atoms with Crippen molar-refractivity contribution in [1.82, 2.24) is 0 Å². The van der Waals surface area contributed by atoms with Crippen LogP contribution in [0.3, 0.4) is 0 Å². The summed E-state index contributed by atoms with van der Waals surface area (Å²) in [5.74, 6) is -0.567. The molecule has 0 unspecified atom stereocenters. The number of carbonyl (C=O) groups is 2. The van der Waals surface area contributed by atoms with Crippen molar-refractivity contribution in [2.75, 3.05) is 0 Å². The third-order valence-electron chi connectivity index (χ3n) is 3.35. The molecule has 28 heavy (non-hydrogen) atoms. The van der Waals surface area contributed by atoms with Gasteiger partial charge in [0.2, 0.25) is 0 Å². The predicted octanol–water partition coefficient (Wildman–Crippen LogP) is 4.73. The SMILES string of the molecule is CC.CC.O=C1CC(c2ccccc2)=NO1.O=C1CC(c2ccccc2)=NO1. The molecule has 0 bridgehead atoms. The maximum absolute atomic E-state index is 10.7. The Morgan fingerprint density at radius 3 is 1.18 bits per heavy atom. The molecular weight excluding hydrogens is 356 g/mol. The summed E-state index contributed by atoms with van der Waals surface area (Å²) in [4.78, 5) is 30.3. The highest BCUT2D eigenvalue weighted by atomic mass is 16.7. The zero-order valence-electron chi connectivity index (χ0n) is 16.7. The number of carbonyl (C=O) groups excluding carboxylic acids is 2. The first kappa shape index (κ1) is 22.8. The molecule has 2 aromatic carbocycles. The van der Waals surface area contributed by atoms with Crippen LogP contribution in [0.4, 0.5) is 0 Å². The lowest BCUT2D eigenvalue weighted by Crippen LogP contribution is -1.99. The van der Waals surface area contributed by atoms with Crippen LogP contribution in [-0.2, 0) is 19.3 Å². The molecule has 0 aromatic heterocycles. The van der Waals surface area contributed by atoms with E-state index in [1.807, 2.05) is 88.4 Å². The summed E-state index contributed by atoms with van der Waals surface area (Å²) in [6.07, 6.45) is 0.564. The van der Waals surface area contributed by atoms with Crippen molar-refractivity contribution < 1.29 is 19.3 Å². The van der Waals surface area contributed by atoms with Crippen molar-refractivity contribution in [3.63, 3.8) is 0 Å². The molecule has 0 atom stereocenters. The van der Waals surface area contributed by atoms with Gasteiger partial charge in [-0.05, 0) is 11.1 Å². The zero-order valence-corrected chi connectivity index (χ0v) is 16.7. The van der Waals surface area contributed by atoms with Gasteiger partial charge in [-0.1, -0.05) is 98.7 Å². The Bertz CT molecular complexity index is 730. The highest BCUT2D eigenvalue weighted by molar-refractivity contribution is 6.12. The highest BCUT2D eigenvalue weighted by Crippen LogP contribution is 2.11.